The van der Waals surface area contributed by atoms with E-state index in [1.165, 1.54) is 4.90 Å². The average Bonchev–Trinajstić information content (AvgIpc) is 2.81. The lowest BCUT2D eigenvalue weighted by molar-refractivity contribution is -0.143. The smallest absolute Gasteiger partial charge is 0.368 e. The molecule has 2 rings (SSSR count). The molecule has 0 aliphatic carbocycles. The Morgan fingerprint density at radius 2 is 2.05 bits per heavy atom. The van der Waals surface area contributed by atoms with Crippen LogP contribution in [0.2, 0.25) is 0 Å². The predicted octanol–water partition coefficient (Wildman–Crippen LogP) is 1.44. The summed E-state index contributed by atoms with van der Waals surface area (Å²) in [6.07, 6.45) is -3.63. The fraction of sp³-hybridized carbons (Fsp3) is 0.500. The number of benzene rings is 1. The van der Waals surface area contributed by atoms with Crippen LogP contribution in [-0.4, -0.2) is 42.7 Å². The molecule has 1 aliphatic heterocycles. The lowest BCUT2D eigenvalue weighted by Gasteiger charge is -2.22. The first-order chi connectivity index (χ1) is 9.85. The molecule has 2 atom stereocenters. The minimum atomic E-state index is -4.20. The Morgan fingerprint density at radius 3 is 2.62 bits per heavy atom. The summed E-state index contributed by atoms with van der Waals surface area (Å²) in [6.45, 7) is -0.300. The van der Waals surface area contributed by atoms with Gasteiger partial charge in [-0.15, -0.1) is 0 Å². The van der Waals surface area contributed by atoms with Gasteiger partial charge in [-0.05, 0) is 12.0 Å². The van der Waals surface area contributed by atoms with Gasteiger partial charge in [-0.1, -0.05) is 30.3 Å². The summed E-state index contributed by atoms with van der Waals surface area (Å²) in [7, 11) is 0. The van der Waals surface area contributed by atoms with Gasteiger partial charge in [-0.2, -0.15) is 13.2 Å². The van der Waals surface area contributed by atoms with Crippen molar-refractivity contribution in [1.29, 1.82) is 0 Å². The Balaban J connectivity index is 1.95. The van der Waals surface area contributed by atoms with Gasteiger partial charge in [0.15, 0.2) is 0 Å². The highest BCUT2D eigenvalue weighted by atomic mass is 19.4. The monoisotopic (exact) mass is 301 g/mol. The molecule has 7 heteroatoms. The van der Waals surface area contributed by atoms with E-state index < -0.39 is 24.7 Å². The number of alkyl halides is 3. The van der Waals surface area contributed by atoms with Crippen LogP contribution in [0, 0.1) is 0 Å². The van der Waals surface area contributed by atoms with E-state index in [1.54, 1.807) is 24.3 Å². The fourth-order valence-corrected chi connectivity index (χ4v) is 2.59. The molecule has 1 heterocycles. The van der Waals surface area contributed by atoms with Crippen molar-refractivity contribution in [3.63, 3.8) is 0 Å². The molecular weight excluding hydrogens is 283 g/mol. The zero-order valence-corrected chi connectivity index (χ0v) is 11.4. The van der Waals surface area contributed by atoms with Gasteiger partial charge < -0.3 is 5.73 Å². The highest BCUT2D eigenvalue weighted by Gasteiger charge is 2.35. The Labute approximate surface area is 121 Å². The van der Waals surface area contributed by atoms with E-state index in [4.69, 9.17) is 5.73 Å². The molecule has 0 radical (unpaired) electrons. The molecule has 1 aromatic rings. The van der Waals surface area contributed by atoms with E-state index in [2.05, 4.69) is 5.32 Å². The van der Waals surface area contributed by atoms with Gasteiger partial charge in [0, 0.05) is 19.1 Å². The molecule has 1 amide bonds. The maximum absolute atomic E-state index is 12.4. The summed E-state index contributed by atoms with van der Waals surface area (Å²) >= 11 is 0. The van der Waals surface area contributed by atoms with Crippen LogP contribution in [0.3, 0.4) is 0 Å². The topological polar surface area (TPSA) is 58.4 Å². The number of amides is 1. The molecule has 1 aromatic carbocycles. The van der Waals surface area contributed by atoms with E-state index in [-0.39, 0.29) is 12.6 Å². The molecule has 0 spiro atoms. The number of likely N-dealkylation sites (tertiary alicyclic amines) is 1. The van der Waals surface area contributed by atoms with Crippen LogP contribution in [0.5, 0.6) is 0 Å². The van der Waals surface area contributed by atoms with Crippen molar-refractivity contribution in [2.45, 2.75) is 24.7 Å². The third kappa shape index (κ3) is 4.71. The standard InChI is InChI=1S/C14H18F3N3O/c15-14(16,17)9-20-7-6-11(8-20)19-12(13(18)21)10-4-2-1-3-5-10/h1-5,11-12,19H,6-9H2,(H2,18,21)/t11-,12+/m1/s1. The number of halogens is 3. The Hall–Kier alpha value is -1.60. The van der Waals surface area contributed by atoms with Crippen LogP contribution >= 0.6 is 0 Å². The molecule has 1 fully saturated rings. The molecule has 0 aromatic heterocycles. The minimum Gasteiger partial charge on any atom is -0.368 e. The van der Waals surface area contributed by atoms with Crippen molar-refractivity contribution in [2.75, 3.05) is 19.6 Å². The summed E-state index contributed by atoms with van der Waals surface area (Å²) < 4.78 is 37.1. The van der Waals surface area contributed by atoms with E-state index in [1.807, 2.05) is 6.07 Å². The van der Waals surface area contributed by atoms with E-state index >= 15 is 0 Å². The maximum atomic E-state index is 12.4. The first-order valence-electron chi connectivity index (χ1n) is 6.74. The van der Waals surface area contributed by atoms with Crippen molar-refractivity contribution in [1.82, 2.24) is 10.2 Å². The van der Waals surface area contributed by atoms with E-state index in [9.17, 15) is 18.0 Å². The Bertz CT molecular complexity index is 478. The number of nitrogens with one attached hydrogen (secondary N) is 1. The number of carbonyl (C=O) groups excluding carboxylic acids is 1. The largest absolute Gasteiger partial charge is 0.401 e. The number of rotatable bonds is 5. The second-order valence-electron chi connectivity index (χ2n) is 5.25. The van der Waals surface area contributed by atoms with Crippen LogP contribution < -0.4 is 11.1 Å². The molecular formula is C14H18F3N3O. The molecule has 4 nitrogen and oxygen atoms in total. The summed E-state index contributed by atoms with van der Waals surface area (Å²) in [5, 5.41) is 3.06. The number of carbonyl (C=O) groups is 1. The van der Waals surface area contributed by atoms with E-state index in [0.29, 0.717) is 13.0 Å². The van der Waals surface area contributed by atoms with Crippen molar-refractivity contribution in [3.8, 4) is 0 Å². The van der Waals surface area contributed by atoms with Crippen LogP contribution in [0.1, 0.15) is 18.0 Å². The minimum absolute atomic E-state index is 0.176. The summed E-state index contributed by atoms with van der Waals surface area (Å²) in [5.41, 5.74) is 6.11. The zero-order chi connectivity index (χ0) is 15.5. The quantitative estimate of drug-likeness (QED) is 0.865. The molecule has 0 bridgehead atoms. The number of hydrogen-bond donors (Lipinski definition) is 2. The van der Waals surface area contributed by atoms with Gasteiger partial charge in [0.25, 0.3) is 0 Å². The first kappa shape index (κ1) is 15.8. The Kier molecular flexibility index (Phi) is 4.84. The predicted molar refractivity (Wildman–Crippen MR) is 72.4 cm³/mol. The highest BCUT2D eigenvalue weighted by molar-refractivity contribution is 5.81. The van der Waals surface area contributed by atoms with Crippen LogP contribution in [0.4, 0.5) is 13.2 Å². The third-order valence-electron chi connectivity index (χ3n) is 3.50. The van der Waals surface area contributed by atoms with Crippen molar-refractivity contribution in [2.24, 2.45) is 5.73 Å². The van der Waals surface area contributed by atoms with Crippen molar-refractivity contribution < 1.29 is 18.0 Å². The normalized spacial score (nSPS) is 21.4. The summed E-state index contributed by atoms with van der Waals surface area (Å²) in [5.74, 6) is -0.532. The lowest BCUT2D eigenvalue weighted by atomic mass is 10.1. The second kappa shape index (κ2) is 6.44. The van der Waals surface area contributed by atoms with Crippen LogP contribution in [0.25, 0.3) is 0 Å². The SMILES string of the molecule is NC(=O)[C@@H](N[C@@H]1CCN(CC(F)(F)F)C1)c1ccccc1. The fourth-order valence-electron chi connectivity index (χ4n) is 2.59. The number of nitrogens with zero attached hydrogens (tertiary/aromatic N) is 1. The third-order valence-corrected chi connectivity index (χ3v) is 3.50. The molecule has 1 saturated heterocycles. The van der Waals surface area contributed by atoms with Crippen LogP contribution in [-0.2, 0) is 4.79 Å². The maximum Gasteiger partial charge on any atom is 0.401 e. The van der Waals surface area contributed by atoms with Gasteiger partial charge in [0.2, 0.25) is 5.91 Å². The summed E-state index contributed by atoms with van der Waals surface area (Å²) in [4.78, 5) is 12.9. The Morgan fingerprint density at radius 1 is 1.38 bits per heavy atom. The number of nitrogens with two attached hydrogens (primary N) is 1. The number of hydrogen-bond acceptors (Lipinski definition) is 3. The molecule has 1 aliphatic rings. The first-order valence-corrected chi connectivity index (χ1v) is 6.74. The van der Waals surface area contributed by atoms with E-state index in [0.717, 1.165) is 5.56 Å². The summed E-state index contributed by atoms with van der Waals surface area (Å²) in [6, 6.07) is 8.08. The molecule has 0 saturated carbocycles. The molecule has 0 unspecified atom stereocenters. The van der Waals surface area contributed by atoms with Crippen LogP contribution in [0.15, 0.2) is 30.3 Å². The molecule has 21 heavy (non-hydrogen) atoms. The van der Waals surface area contributed by atoms with Gasteiger partial charge in [0.1, 0.15) is 6.04 Å². The lowest BCUT2D eigenvalue weighted by Crippen LogP contribution is -2.42. The van der Waals surface area contributed by atoms with Crippen molar-refractivity contribution in [3.05, 3.63) is 35.9 Å². The molecule has 116 valence electrons. The highest BCUT2D eigenvalue weighted by Crippen LogP contribution is 2.21. The van der Waals surface area contributed by atoms with Gasteiger partial charge in [0.05, 0.1) is 6.54 Å². The van der Waals surface area contributed by atoms with Gasteiger partial charge in [-0.25, -0.2) is 0 Å². The zero-order valence-electron chi connectivity index (χ0n) is 11.4. The number of primary amides is 1. The second-order valence-corrected chi connectivity index (χ2v) is 5.25. The van der Waals surface area contributed by atoms with Gasteiger partial charge in [-0.3, -0.25) is 15.0 Å². The van der Waals surface area contributed by atoms with Crippen molar-refractivity contribution >= 4 is 5.91 Å². The average molecular weight is 301 g/mol. The van der Waals surface area contributed by atoms with Gasteiger partial charge >= 0.3 is 6.18 Å². The molecule has 3 N–H and O–H groups in total.